The molecule has 2 aromatic rings. The third-order valence-electron chi connectivity index (χ3n) is 5.02. The van der Waals surface area contributed by atoms with Crippen molar-refractivity contribution in [3.8, 4) is 0 Å². The van der Waals surface area contributed by atoms with Crippen LogP contribution in [0.25, 0.3) is 5.57 Å². The van der Waals surface area contributed by atoms with Crippen molar-refractivity contribution in [2.75, 3.05) is 11.9 Å². The molecular weight excluding hydrogens is 358 g/mol. The highest BCUT2D eigenvalue weighted by atomic mass is 35.5. The van der Waals surface area contributed by atoms with Gasteiger partial charge in [-0.3, -0.25) is 4.79 Å². The number of rotatable bonds is 3. The molecule has 0 aliphatic carbocycles. The van der Waals surface area contributed by atoms with Crippen LogP contribution < -0.4 is 10.3 Å². The Labute approximate surface area is 165 Å². The van der Waals surface area contributed by atoms with Crippen molar-refractivity contribution in [2.24, 2.45) is 5.10 Å². The van der Waals surface area contributed by atoms with Crippen LogP contribution in [0.5, 0.6) is 0 Å². The zero-order valence-electron chi connectivity index (χ0n) is 16.3. The lowest BCUT2D eigenvalue weighted by Gasteiger charge is -2.40. The minimum absolute atomic E-state index is 0.0714. The van der Waals surface area contributed by atoms with Crippen LogP contribution >= 0.6 is 11.6 Å². The quantitative estimate of drug-likeness (QED) is 0.597. The number of amides is 1. The van der Waals surface area contributed by atoms with Crippen LogP contribution in [0.3, 0.4) is 0 Å². The van der Waals surface area contributed by atoms with E-state index in [-0.39, 0.29) is 11.4 Å². The standard InChI is InChI=1S/C22H24ClN3O/c1-14-6-8-16(9-7-14)21(27)25-24-13-17-10-18-15(2)12-22(3,4)26(5)20(18)11-19(17)23/h6-13H,1-5H3,(H,25,27)/b24-13+. The highest BCUT2D eigenvalue weighted by Gasteiger charge is 2.29. The molecule has 0 bridgehead atoms. The van der Waals surface area contributed by atoms with Crippen molar-refractivity contribution in [3.05, 3.63) is 69.8 Å². The van der Waals surface area contributed by atoms with Gasteiger partial charge < -0.3 is 4.90 Å². The van der Waals surface area contributed by atoms with Crippen LogP contribution in [-0.4, -0.2) is 24.7 Å². The van der Waals surface area contributed by atoms with Gasteiger partial charge in [0.2, 0.25) is 0 Å². The van der Waals surface area contributed by atoms with E-state index >= 15 is 0 Å². The summed E-state index contributed by atoms with van der Waals surface area (Å²) in [5.41, 5.74) is 8.32. The second-order valence-corrected chi connectivity index (χ2v) is 7.90. The van der Waals surface area contributed by atoms with Crippen LogP contribution in [0.4, 0.5) is 5.69 Å². The molecule has 1 aliphatic rings. The maximum Gasteiger partial charge on any atom is 0.271 e. The number of halogens is 1. The number of fused-ring (bicyclic) bond motifs is 1. The van der Waals surface area contributed by atoms with Crippen molar-refractivity contribution >= 4 is 35.0 Å². The summed E-state index contributed by atoms with van der Waals surface area (Å²) in [5, 5.41) is 4.68. The van der Waals surface area contributed by atoms with Crippen LogP contribution in [0.2, 0.25) is 5.02 Å². The van der Waals surface area contributed by atoms with Crippen LogP contribution in [0.15, 0.2) is 47.6 Å². The Balaban J connectivity index is 1.82. The summed E-state index contributed by atoms with van der Waals surface area (Å²) in [4.78, 5) is 14.4. The molecule has 140 valence electrons. The third kappa shape index (κ3) is 3.91. The van der Waals surface area contributed by atoms with Crippen molar-refractivity contribution in [1.82, 2.24) is 5.43 Å². The lowest BCUT2D eigenvalue weighted by atomic mass is 9.88. The molecule has 4 nitrogen and oxygen atoms in total. The smallest absolute Gasteiger partial charge is 0.271 e. The van der Waals surface area contributed by atoms with E-state index in [4.69, 9.17) is 11.6 Å². The molecule has 0 unspecified atom stereocenters. The number of allylic oxidation sites excluding steroid dienone is 1. The summed E-state index contributed by atoms with van der Waals surface area (Å²) in [6, 6.07) is 11.3. The maximum absolute atomic E-state index is 12.2. The lowest BCUT2D eigenvalue weighted by molar-refractivity contribution is 0.0955. The number of hydrazone groups is 1. The maximum atomic E-state index is 12.2. The molecule has 0 fully saturated rings. The summed E-state index contributed by atoms with van der Waals surface area (Å²) < 4.78 is 0. The Morgan fingerprint density at radius 3 is 2.52 bits per heavy atom. The molecule has 3 rings (SSSR count). The van der Waals surface area contributed by atoms with Gasteiger partial charge in [0.05, 0.1) is 16.8 Å². The lowest BCUT2D eigenvalue weighted by Crippen LogP contribution is -2.42. The number of hydrogen-bond acceptors (Lipinski definition) is 3. The predicted octanol–water partition coefficient (Wildman–Crippen LogP) is 5.04. The molecule has 1 heterocycles. The molecule has 27 heavy (non-hydrogen) atoms. The van der Waals surface area contributed by atoms with Gasteiger partial charge in [0.1, 0.15) is 0 Å². The molecule has 0 aromatic heterocycles. The number of anilines is 1. The SMILES string of the molecule is CC1=CC(C)(C)N(C)c2cc(Cl)c(/C=N/NC(=O)c3ccc(C)cc3)cc21. The number of carbonyl (C=O) groups excluding carboxylic acids is 1. The van der Waals surface area contributed by atoms with Crippen molar-refractivity contribution in [3.63, 3.8) is 0 Å². The normalized spacial score (nSPS) is 15.5. The monoisotopic (exact) mass is 381 g/mol. The highest BCUT2D eigenvalue weighted by Crippen LogP contribution is 2.40. The molecule has 0 spiro atoms. The second kappa shape index (κ2) is 7.20. The number of nitrogens with zero attached hydrogens (tertiary/aromatic N) is 2. The number of aryl methyl sites for hydroxylation is 1. The van der Waals surface area contributed by atoms with Gasteiger partial charge in [0.25, 0.3) is 5.91 Å². The largest absolute Gasteiger partial charge is 0.365 e. The first-order valence-electron chi connectivity index (χ1n) is 8.86. The Kier molecular flexibility index (Phi) is 5.11. The van der Waals surface area contributed by atoms with E-state index in [2.05, 4.69) is 49.3 Å². The fraction of sp³-hybridized carbons (Fsp3) is 0.273. The number of nitrogens with one attached hydrogen (secondary N) is 1. The topological polar surface area (TPSA) is 44.7 Å². The Morgan fingerprint density at radius 1 is 1.19 bits per heavy atom. The van der Waals surface area contributed by atoms with Gasteiger partial charge in [0.15, 0.2) is 0 Å². The molecule has 0 saturated heterocycles. The number of hydrogen-bond donors (Lipinski definition) is 1. The average Bonchev–Trinajstić information content (AvgIpc) is 2.61. The molecule has 1 N–H and O–H groups in total. The molecular formula is C22H24ClN3O. The summed E-state index contributed by atoms with van der Waals surface area (Å²) in [6.07, 6.45) is 3.82. The van der Waals surface area contributed by atoms with E-state index in [1.54, 1.807) is 18.3 Å². The van der Waals surface area contributed by atoms with E-state index in [1.807, 2.05) is 31.2 Å². The van der Waals surface area contributed by atoms with E-state index in [9.17, 15) is 4.79 Å². The van der Waals surface area contributed by atoms with Crippen LogP contribution in [0, 0.1) is 6.92 Å². The Hall–Kier alpha value is -2.59. The third-order valence-corrected chi connectivity index (χ3v) is 5.35. The predicted molar refractivity (Wildman–Crippen MR) is 114 cm³/mol. The van der Waals surface area contributed by atoms with Crippen molar-refractivity contribution in [2.45, 2.75) is 33.2 Å². The molecule has 2 aromatic carbocycles. The van der Waals surface area contributed by atoms with Crippen LogP contribution in [0.1, 0.15) is 47.8 Å². The number of benzene rings is 2. The van der Waals surface area contributed by atoms with Gasteiger partial charge in [-0.05, 0) is 57.5 Å². The minimum Gasteiger partial charge on any atom is -0.365 e. The van der Waals surface area contributed by atoms with Crippen LogP contribution in [-0.2, 0) is 0 Å². The van der Waals surface area contributed by atoms with Crippen molar-refractivity contribution in [1.29, 1.82) is 0 Å². The zero-order valence-corrected chi connectivity index (χ0v) is 17.1. The molecule has 1 aliphatic heterocycles. The fourth-order valence-corrected chi connectivity index (χ4v) is 3.42. The van der Waals surface area contributed by atoms with Gasteiger partial charge in [-0.2, -0.15) is 5.10 Å². The molecule has 1 amide bonds. The Morgan fingerprint density at radius 2 is 1.85 bits per heavy atom. The van der Waals surface area contributed by atoms with E-state index in [0.29, 0.717) is 10.6 Å². The molecule has 0 saturated carbocycles. The zero-order chi connectivity index (χ0) is 19.8. The summed E-state index contributed by atoms with van der Waals surface area (Å²) in [6.45, 7) is 8.42. The fourth-order valence-electron chi connectivity index (χ4n) is 3.22. The van der Waals surface area contributed by atoms with E-state index in [0.717, 1.165) is 22.4 Å². The first-order valence-corrected chi connectivity index (χ1v) is 9.24. The van der Waals surface area contributed by atoms with Gasteiger partial charge in [-0.1, -0.05) is 35.4 Å². The number of likely N-dealkylation sites (N-methyl/N-ethyl adjacent to an activating group) is 1. The summed E-state index contributed by atoms with van der Waals surface area (Å²) in [7, 11) is 2.06. The first kappa shape index (κ1) is 19.2. The average molecular weight is 382 g/mol. The number of carbonyl (C=O) groups is 1. The van der Waals surface area contributed by atoms with Gasteiger partial charge in [0, 0.05) is 29.4 Å². The highest BCUT2D eigenvalue weighted by molar-refractivity contribution is 6.33. The Bertz CT molecular complexity index is 943. The molecule has 0 radical (unpaired) electrons. The van der Waals surface area contributed by atoms with Gasteiger partial charge in [-0.15, -0.1) is 0 Å². The summed E-state index contributed by atoms with van der Waals surface area (Å²) >= 11 is 6.47. The molecule has 0 atom stereocenters. The molecule has 5 heteroatoms. The van der Waals surface area contributed by atoms with Crippen molar-refractivity contribution < 1.29 is 4.79 Å². The van der Waals surface area contributed by atoms with Gasteiger partial charge >= 0.3 is 0 Å². The van der Waals surface area contributed by atoms with Gasteiger partial charge in [-0.25, -0.2) is 5.43 Å². The minimum atomic E-state index is -0.252. The summed E-state index contributed by atoms with van der Waals surface area (Å²) in [5.74, 6) is -0.252. The second-order valence-electron chi connectivity index (χ2n) is 7.50. The first-order chi connectivity index (χ1) is 12.7. The van der Waals surface area contributed by atoms with E-state index < -0.39 is 0 Å². The van der Waals surface area contributed by atoms with E-state index in [1.165, 1.54) is 5.57 Å².